The lowest BCUT2D eigenvalue weighted by Crippen LogP contribution is -2.44. The molecule has 0 spiro atoms. The Balaban J connectivity index is 1.99. The third kappa shape index (κ3) is 3.44. The molecule has 1 fully saturated rings. The van der Waals surface area contributed by atoms with Crippen molar-refractivity contribution >= 4 is 11.6 Å². The third-order valence-corrected chi connectivity index (χ3v) is 3.60. The molecule has 2 rings (SSSR count). The number of carbonyl (C=O) groups excluding carboxylic acids is 1. The summed E-state index contributed by atoms with van der Waals surface area (Å²) in [5.41, 5.74) is 4.93. The number of carbonyl (C=O) groups is 1. The van der Waals surface area contributed by atoms with Gasteiger partial charge in [0.25, 0.3) is 5.91 Å². The predicted molar refractivity (Wildman–Crippen MR) is 71.2 cm³/mol. The molecule has 0 bridgehead atoms. The van der Waals surface area contributed by atoms with E-state index >= 15 is 0 Å². The maximum atomic E-state index is 13.5. The number of nitrogens with one attached hydrogen (secondary N) is 1. The van der Waals surface area contributed by atoms with E-state index in [4.69, 9.17) is 5.73 Å². The van der Waals surface area contributed by atoms with Crippen molar-refractivity contribution in [1.82, 2.24) is 5.32 Å². The summed E-state index contributed by atoms with van der Waals surface area (Å²) in [5, 5.41) is 12.9. The Hall–Kier alpha value is -1.62. The van der Waals surface area contributed by atoms with Crippen molar-refractivity contribution in [2.24, 2.45) is 0 Å². The number of nitrogen functional groups attached to an aromatic ring is 1. The summed E-state index contributed by atoms with van der Waals surface area (Å²) >= 11 is 0. The molecular weight excluding hydrogens is 247 g/mol. The van der Waals surface area contributed by atoms with Gasteiger partial charge < -0.3 is 16.2 Å². The van der Waals surface area contributed by atoms with Gasteiger partial charge in [0.05, 0.1) is 11.2 Å². The van der Waals surface area contributed by atoms with E-state index in [1.54, 1.807) is 0 Å². The van der Waals surface area contributed by atoms with Crippen LogP contribution in [0, 0.1) is 5.82 Å². The number of halogens is 1. The fourth-order valence-corrected chi connectivity index (χ4v) is 2.44. The molecule has 5 heteroatoms. The summed E-state index contributed by atoms with van der Waals surface area (Å²) < 4.78 is 13.5. The van der Waals surface area contributed by atoms with Crippen LogP contribution in [0.25, 0.3) is 0 Å². The van der Waals surface area contributed by atoms with Gasteiger partial charge in [-0.05, 0) is 31.0 Å². The van der Waals surface area contributed by atoms with E-state index in [2.05, 4.69) is 5.32 Å². The molecule has 1 aliphatic rings. The molecule has 0 heterocycles. The lowest BCUT2D eigenvalue weighted by atomic mass is 9.85. The van der Waals surface area contributed by atoms with Gasteiger partial charge in [0.1, 0.15) is 5.82 Å². The fourth-order valence-electron chi connectivity index (χ4n) is 2.44. The van der Waals surface area contributed by atoms with Crippen LogP contribution < -0.4 is 11.1 Å². The van der Waals surface area contributed by atoms with Crippen molar-refractivity contribution < 1.29 is 14.3 Å². The molecule has 1 aliphatic carbocycles. The molecule has 0 aromatic heterocycles. The first-order chi connectivity index (χ1) is 9.00. The van der Waals surface area contributed by atoms with Gasteiger partial charge in [-0.3, -0.25) is 4.79 Å². The van der Waals surface area contributed by atoms with Gasteiger partial charge in [0.15, 0.2) is 0 Å². The molecule has 0 unspecified atom stereocenters. The molecule has 0 saturated heterocycles. The van der Waals surface area contributed by atoms with Crippen LogP contribution in [0.5, 0.6) is 0 Å². The van der Waals surface area contributed by atoms with Crippen LogP contribution in [-0.2, 0) is 0 Å². The lowest BCUT2D eigenvalue weighted by Gasteiger charge is -2.32. The van der Waals surface area contributed by atoms with Crippen molar-refractivity contribution in [2.75, 3.05) is 12.3 Å². The first kappa shape index (κ1) is 13.8. The number of hydrogen-bond donors (Lipinski definition) is 3. The van der Waals surface area contributed by atoms with Crippen molar-refractivity contribution in [1.29, 1.82) is 0 Å². The van der Waals surface area contributed by atoms with Gasteiger partial charge in [0.2, 0.25) is 0 Å². The molecule has 19 heavy (non-hydrogen) atoms. The summed E-state index contributed by atoms with van der Waals surface area (Å²) in [5.74, 6) is -1.15. The van der Waals surface area contributed by atoms with Crippen LogP contribution in [0.1, 0.15) is 42.5 Å². The highest BCUT2D eigenvalue weighted by Gasteiger charge is 2.29. The molecule has 4 nitrogen and oxygen atoms in total. The lowest BCUT2D eigenvalue weighted by molar-refractivity contribution is 0.00521. The van der Waals surface area contributed by atoms with Crippen molar-refractivity contribution in [2.45, 2.75) is 37.7 Å². The zero-order valence-corrected chi connectivity index (χ0v) is 10.8. The second-order valence-corrected chi connectivity index (χ2v) is 5.21. The van der Waals surface area contributed by atoms with Gasteiger partial charge in [0, 0.05) is 12.2 Å². The van der Waals surface area contributed by atoms with E-state index in [-0.39, 0.29) is 12.1 Å². The highest BCUT2D eigenvalue weighted by Crippen LogP contribution is 2.27. The van der Waals surface area contributed by atoms with Crippen LogP contribution in [0.15, 0.2) is 18.2 Å². The van der Waals surface area contributed by atoms with Gasteiger partial charge in [-0.2, -0.15) is 0 Å². The molecule has 1 saturated carbocycles. The number of aliphatic hydroxyl groups is 1. The van der Waals surface area contributed by atoms with Crippen molar-refractivity contribution in [3.63, 3.8) is 0 Å². The van der Waals surface area contributed by atoms with E-state index < -0.39 is 17.3 Å². The zero-order valence-electron chi connectivity index (χ0n) is 10.8. The minimum absolute atomic E-state index is 0.0839. The van der Waals surface area contributed by atoms with Gasteiger partial charge in [-0.1, -0.05) is 19.3 Å². The average molecular weight is 266 g/mol. The van der Waals surface area contributed by atoms with E-state index in [1.165, 1.54) is 18.2 Å². The second kappa shape index (κ2) is 5.57. The number of anilines is 1. The second-order valence-electron chi connectivity index (χ2n) is 5.21. The van der Waals surface area contributed by atoms with E-state index in [0.717, 1.165) is 19.3 Å². The minimum Gasteiger partial charge on any atom is -0.399 e. The Labute approximate surface area is 111 Å². The van der Waals surface area contributed by atoms with Crippen LogP contribution in [0.2, 0.25) is 0 Å². The molecule has 0 atom stereocenters. The first-order valence-electron chi connectivity index (χ1n) is 6.56. The Kier molecular flexibility index (Phi) is 4.04. The number of hydrogen-bond acceptors (Lipinski definition) is 3. The first-order valence-corrected chi connectivity index (χ1v) is 6.56. The van der Waals surface area contributed by atoms with Crippen LogP contribution in [0.4, 0.5) is 10.1 Å². The quantitative estimate of drug-likeness (QED) is 0.731. The summed E-state index contributed by atoms with van der Waals surface area (Å²) in [4.78, 5) is 11.9. The average Bonchev–Trinajstić information content (AvgIpc) is 2.40. The molecule has 1 amide bonds. The molecule has 0 aliphatic heterocycles. The summed E-state index contributed by atoms with van der Waals surface area (Å²) in [6.45, 7) is 0.153. The summed E-state index contributed by atoms with van der Waals surface area (Å²) in [7, 11) is 0. The Morgan fingerprint density at radius 2 is 2.05 bits per heavy atom. The number of amides is 1. The van der Waals surface area contributed by atoms with Crippen LogP contribution in [0.3, 0.4) is 0 Å². The molecule has 104 valence electrons. The third-order valence-electron chi connectivity index (χ3n) is 3.60. The van der Waals surface area contributed by atoms with E-state index in [0.29, 0.717) is 18.5 Å². The monoisotopic (exact) mass is 266 g/mol. The molecule has 1 aromatic carbocycles. The Bertz CT molecular complexity index is 471. The smallest absolute Gasteiger partial charge is 0.254 e. The maximum absolute atomic E-state index is 13.5. The Morgan fingerprint density at radius 3 is 2.74 bits per heavy atom. The normalized spacial score (nSPS) is 18.0. The maximum Gasteiger partial charge on any atom is 0.254 e. The van der Waals surface area contributed by atoms with Gasteiger partial charge in [-0.15, -0.1) is 0 Å². The predicted octanol–water partition coefficient (Wildman–Crippen LogP) is 1.83. The van der Waals surface area contributed by atoms with Crippen molar-refractivity contribution in [3.8, 4) is 0 Å². The van der Waals surface area contributed by atoms with Crippen molar-refractivity contribution in [3.05, 3.63) is 29.6 Å². The van der Waals surface area contributed by atoms with Gasteiger partial charge in [-0.25, -0.2) is 4.39 Å². The molecule has 4 N–H and O–H groups in total. The van der Waals surface area contributed by atoms with Crippen LogP contribution in [-0.4, -0.2) is 23.2 Å². The zero-order chi connectivity index (χ0) is 13.9. The van der Waals surface area contributed by atoms with Crippen LogP contribution >= 0.6 is 0 Å². The fraction of sp³-hybridized carbons (Fsp3) is 0.500. The Morgan fingerprint density at radius 1 is 1.37 bits per heavy atom. The number of benzene rings is 1. The topological polar surface area (TPSA) is 75.4 Å². The standard InChI is InChI=1S/C14H19FN2O2/c15-12-5-4-10(16)8-11(12)13(18)17-9-14(19)6-2-1-3-7-14/h4-5,8,19H,1-3,6-7,9,16H2,(H,17,18). The molecular formula is C14H19FN2O2. The number of rotatable bonds is 3. The molecule has 1 aromatic rings. The van der Waals surface area contributed by atoms with Gasteiger partial charge >= 0.3 is 0 Å². The highest BCUT2D eigenvalue weighted by molar-refractivity contribution is 5.95. The molecule has 0 radical (unpaired) electrons. The SMILES string of the molecule is Nc1ccc(F)c(C(=O)NCC2(O)CCCCC2)c1. The van der Waals surface area contributed by atoms with E-state index in [1.807, 2.05) is 0 Å². The van der Waals surface area contributed by atoms with E-state index in [9.17, 15) is 14.3 Å². The summed E-state index contributed by atoms with van der Waals surface area (Å²) in [6.07, 6.45) is 4.37. The summed E-state index contributed by atoms with van der Waals surface area (Å²) in [6, 6.07) is 3.87. The largest absolute Gasteiger partial charge is 0.399 e. The minimum atomic E-state index is -0.856. The highest BCUT2D eigenvalue weighted by atomic mass is 19.1. The number of nitrogens with two attached hydrogens (primary N) is 1.